The summed E-state index contributed by atoms with van der Waals surface area (Å²) in [5.74, 6) is -1.31. The van der Waals surface area contributed by atoms with Crippen LogP contribution in [-0.4, -0.2) is 35.4 Å². The molecular formula is C23H23N3O4. The second kappa shape index (κ2) is 8.82. The van der Waals surface area contributed by atoms with Crippen molar-refractivity contribution in [2.45, 2.75) is 31.7 Å². The van der Waals surface area contributed by atoms with Gasteiger partial charge in [0.05, 0.1) is 16.8 Å². The maximum atomic E-state index is 12.6. The van der Waals surface area contributed by atoms with Gasteiger partial charge in [-0.1, -0.05) is 43.2 Å². The Kier molecular flexibility index (Phi) is 5.79. The van der Waals surface area contributed by atoms with Gasteiger partial charge in [0, 0.05) is 23.1 Å². The number of nitrogens with one attached hydrogen (secondary N) is 3. The summed E-state index contributed by atoms with van der Waals surface area (Å²) in [7, 11) is 0. The smallest absolute Gasteiger partial charge is 0.340 e. The molecule has 0 spiro atoms. The van der Waals surface area contributed by atoms with Crippen molar-refractivity contribution in [3.63, 3.8) is 0 Å². The Morgan fingerprint density at radius 1 is 0.967 bits per heavy atom. The summed E-state index contributed by atoms with van der Waals surface area (Å²) < 4.78 is 5.16. The van der Waals surface area contributed by atoms with Gasteiger partial charge in [-0.2, -0.15) is 0 Å². The number of H-pyrrole nitrogens is 1. The maximum absolute atomic E-state index is 12.6. The van der Waals surface area contributed by atoms with E-state index in [-0.39, 0.29) is 11.9 Å². The summed E-state index contributed by atoms with van der Waals surface area (Å²) in [6.45, 7) is -0.448. The monoisotopic (exact) mass is 405 g/mol. The number of aromatic amines is 1. The van der Waals surface area contributed by atoms with Crippen molar-refractivity contribution in [3.8, 4) is 0 Å². The number of hydrogen-bond donors (Lipinski definition) is 3. The average molecular weight is 405 g/mol. The Morgan fingerprint density at radius 3 is 2.53 bits per heavy atom. The number of benzene rings is 2. The minimum Gasteiger partial charge on any atom is -0.452 e. The maximum Gasteiger partial charge on any atom is 0.340 e. The number of carbonyl (C=O) groups is 3. The molecule has 0 atom stereocenters. The number of para-hydroxylation sites is 2. The fourth-order valence-corrected chi connectivity index (χ4v) is 3.76. The van der Waals surface area contributed by atoms with Gasteiger partial charge in [-0.15, -0.1) is 0 Å². The van der Waals surface area contributed by atoms with Crippen LogP contribution in [0.15, 0.2) is 54.7 Å². The lowest BCUT2D eigenvalue weighted by molar-refractivity contribution is -0.119. The minimum atomic E-state index is -0.588. The molecule has 1 fully saturated rings. The van der Waals surface area contributed by atoms with E-state index in [0.29, 0.717) is 16.8 Å². The zero-order valence-corrected chi connectivity index (χ0v) is 16.4. The third-order valence-electron chi connectivity index (χ3n) is 5.28. The van der Waals surface area contributed by atoms with Crippen LogP contribution < -0.4 is 10.6 Å². The highest BCUT2D eigenvalue weighted by Crippen LogP contribution is 2.21. The lowest BCUT2D eigenvalue weighted by Gasteiger charge is -2.15. The Bertz CT molecular complexity index is 1080. The molecule has 1 aromatic heterocycles. The fraction of sp³-hybridized carbons (Fsp3) is 0.261. The second-order valence-corrected chi connectivity index (χ2v) is 7.37. The molecule has 0 saturated heterocycles. The molecule has 7 heteroatoms. The van der Waals surface area contributed by atoms with E-state index in [4.69, 9.17) is 4.74 Å². The summed E-state index contributed by atoms with van der Waals surface area (Å²) in [4.78, 5) is 40.3. The van der Waals surface area contributed by atoms with Crippen LogP contribution in [0.4, 0.5) is 5.69 Å². The minimum absolute atomic E-state index is 0.179. The number of anilines is 1. The molecule has 1 aliphatic carbocycles. The van der Waals surface area contributed by atoms with Gasteiger partial charge in [0.2, 0.25) is 0 Å². The van der Waals surface area contributed by atoms with Gasteiger partial charge >= 0.3 is 5.97 Å². The van der Waals surface area contributed by atoms with E-state index in [9.17, 15) is 14.4 Å². The molecule has 30 heavy (non-hydrogen) atoms. The molecule has 154 valence electrons. The average Bonchev–Trinajstić information content (AvgIpc) is 3.42. The first-order chi connectivity index (χ1) is 14.6. The first-order valence-electron chi connectivity index (χ1n) is 10.0. The van der Waals surface area contributed by atoms with E-state index in [1.54, 1.807) is 30.5 Å². The highest BCUT2D eigenvalue weighted by molar-refractivity contribution is 6.06. The highest BCUT2D eigenvalue weighted by Gasteiger charge is 2.20. The van der Waals surface area contributed by atoms with Gasteiger partial charge in [0.1, 0.15) is 0 Å². The van der Waals surface area contributed by atoms with E-state index in [2.05, 4.69) is 15.6 Å². The molecule has 1 heterocycles. The molecule has 0 bridgehead atoms. The fourth-order valence-electron chi connectivity index (χ4n) is 3.76. The van der Waals surface area contributed by atoms with Crippen LogP contribution in [0.3, 0.4) is 0 Å². The quantitative estimate of drug-likeness (QED) is 0.545. The van der Waals surface area contributed by atoms with Crippen LogP contribution in [0.25, 0.3) is 10.9 Å². The van der Waals surface area contributed by atoms with Crippen LogP contribution in [0.1, 0.15) is 46.4 Å². The predicted octanol–water partition coefficient (Wildman–Crippen LogP) is 3.64. The van der Waals surface area contributed by atoms with E-state index < -0.39 is 18.5 Å². The van der Waals surface area contributed by atoms with Crippen LogP contribution in [-0.2, 0) is 9.53 Å². The molecule has 7 nitrogen and oxygen atoms in total. The zero-order chi connectivity index (χ0) is 20.9. The molecule has 4 rings (SSSR count). The molecule has 0 aliphatic heterocycles. The number of amides is 2. The van der Waals surface area contributed by atoms with Crippen LogP contribution >= 0.6 is 0 Å². The summed E-state index contributed by atoms with van der Waals surface area (Å²) >= 11 is 0. The van der Waals surface area contributed by atoms with E-state index in [1.165, 1.54) is 0 Å². The number of fused-ring (bicyclic) bond motifs is 1. The lowest BCUT2D eigenvalue weighted by Crippen LogP contribution is -2.33. The van der Waals surface area contributed by atoms with Gasteiger partial charge in [-0.05, 0) is 31.0 Å². The van der Waals surface area contributed by atoms with Crippen LogP contribution in [0.5, 0.6) is 0 Å². The first kappa shape index (κ1) is 19.7. The van der Waals surface area contributed by atoms with Gasteiger partial charge in [0.15, 0.2) is 6.61 Å². The zero-order valence-electron chi connectivity index (χ0n) is 16.4. The summed E-state index contributed by atoms with van der Waals surface area (Å²) in [5.41, 5.74) is 1.97. The van der Waals surface area contributed by atoms with E-state index in [1.807, 2.05) is 24.3 Å². The number of ether oxygens (including phenoxy) is 1. The summed E-state index contributed by atoms with van der Waals surface area (Å²) in [6, 6.07) is 14.3. The molecule has 3 aromatic rings. The Morgan fingerprint density at radius 2 is 1.70 bits per heavy atom. The van der Waals surface area contributed by atoms with Crippen molar-refractivity contribution in [1.82, 2.24) is 10.3 Å². The molecule has 1 aliphatic rings. The summed E-state index contributed by atoms with van der Waals surface area (Å²) in [6.07, 6.45) is 5.75. The van der Waals surface area contributed by atoms with E-state index >= 15 is 0 Å². The Labute approximate surface area is 173 Å². The van der Waals surface area contributed by atoms with Crippen molar-refractivity contribution >= 4 is 34.4 Å². The summed E-state index contributed by atoms with van der Waals surface area (Å²) in [5, 5.41) is 6.42. The standard InChI is InChI=1S/C23H23N3O4/c27-21(14-30-23(29)18-13-24-19-11-5-3-9-16(18)19)26-20-12-6-4-10-17(20)22(28)25-15-7-1-2-8-15/h3-6,9-13,15,24H,1-2,7-8,14H2,(H,25,28)(H,26,27). The third-order valence-corrected chi connectivity index (χ3v) is 5.28. The van der Waals surface area contributed by atoms with E-state index in [0.717, 1.165) is 36.6 Å². The van der Waals surface area contributed by atoms with Gasteiger partial charge in [-0.25, -0.2) is 4.79 Å². The number of carbonyl (C=O) groups excluding carboxylic acids is 3. The molecule has 2 aromatic carbocycles. The predicted molar refractivity (Wildman–Crippen MR) is 113 cm³/mol. The van der Waals surface area contributed by atoms with Gasteiger partial charge < -0.3 is 20.4 Å². The van der Waals surface area contributed by atoms with Crippen molar-refractivity contribution in [2.75, 3.05) is 11.9 Å². The molecule has 1 saturated carbocycles. The molecule has 2 amide bonds. The van der Waals surface area contributed by atoms with Crippen molar-refractivity contribution in [2.24, 2.45) is 0 Å². The van der Waals surface area contributed by atoms with Crippen molar-refractivity contribution in [3.05, 3.63) is 65.9 Å². The highest BCUT2D eigenvalue weighted by atomic mass is 16.5. The third kappa shape index (κ3) is 4.35. The topological polar surface area (TPSA) is 100 Å². The number of esters is 1. The van der Waals surface area contributed by atoms with Crippen LogP contribution in [0.2, 0.25) is 0 Å². The number of aromatic nitrogens is 1. The van der Waals surface area contributed by atoms with Crippen molar-refractivity contribution in [1.29, 1.82) is 0 Å². The molecule has 0 radical (unpaired) electrons. The normalized spacial score (nSPS) is 13.9. The SMILES string of the molecule is O=C(COC(=O)c1c[nH]c2ccccc12)Nc1ccccc1C(=O)NC1CCCC1. The molecule has 0 unspecified atom stereocenters. The first-order valence-corrected chi connectivity index (χ1v) is 10.0. The number of rotatable bonds is 6. The largest absolute Gasteiger partial charge is 0.452 e. The van der Waals surface area contributed by atoms with Crippen molar-refractivity contribution < 1.29 is 19.1 Å². The molecular weight excluding hydrogens is 382 g/mol. The second-order valence-electron chi connectivity index (χ2n) is 7.37. The van der Waals surface area contributed by atoms with Gasteiger partial charge in [0.25, 0.3) is 11.8 Å². The lowest BCUT2D eigenvalue weighted by atomic mass is 10.1. The van der Waals surface area contributed by atoms with Gasteiger partial charge in [-0.3, -0.25) is 9.59 Å². The molecule has 3 N–H and O–H groups in total. The Hall–Kier alpha value is -3.61. The number of hydrogen-bond acceptors (Lipinski definition) is 4. The Balaban J connectivity index is 1.37. The van der Waals surface area contributed by atoms with Crippen LogP contribution in [0, 0.1) is 0 Å².